The highest BCUT2D eigenvalue weighted by Crippen LogP contribution is 2.22. The number of aromatic nitrogens is 4. The van der Waals surface area contributed by atoms with Crippen LogP contribution in [-0.4, -0.2) is 66.6 Å². The Morgan fingerprint density at radius 1 is 0.537 bits per heavy atom. The average molecular weight is 795 g/mol. The number of imidazole rings is 2. The number of thioether (sulfide) groups is 2. The molecule has 2 heterocycles. The second kappa shape index (κ2) is 33.2. The molecule has 2 rings (SSSR count). The molecule has 2 aromatic heterocycles. The van der Waals surface area contributed by atoms with Crippen molar-refractivity contribution in [3.05, 3.63) is 24.8 Å². The molecule has 12 heteroatoms. The Morgan fingerprint density at radius 2 is 0.870 bits per heavy atom. The second-order valence-corrected chi connectivity index (χ2v) is 16.9. The van der Waals surface area contributed by atoms with Crippen molar-refractivity contribution in [2.75, 3.05) is 24.7 Å². The maximum absolute atomic E-state index is 12.8. The molecule has 0 fully saturated rings. The predicted octanol–water partition coefficient (Wildman–Crippen LogP) is 11.4. The van der Waals surface area contributed by atoms with Crippen LogP contribution in [0, 0.1) is 0 Å². The molecule has 0 amide bonds. The summed E-state index contributed by atoms with van der Waals surface area (Å²) in [6, 6.07) is 0.100. The number of carbonyl (C=O) groups excluding carboxylic acids is 2. The van der Waals surface area contributed by atoms with Gasteiger partial charge in [-0.15, -0.1) is 23.5 Å². The third-order valence-electron chi connectivity index (χ3n) is 9.41. The summed E-state index contributed by atoms with van der Waals surface area (Å²) < 4.78 is 26.6. The van der Waals surface area contributed by atoms with E-state index in [2.05, 4.69) is 37.7 Å². The van der Waals surface area contributed by atoms with E-state index in [0.717, 1.165) is 50.4 Å². The maximum Gasteiger partial charge on any atom is 0.425 e. The van der Waals surface area contributed by atoms with Crippen molar-refractivity contribution in [1.29, 1.82) is 0 Å². The summed E-state index contributed by atoms with van der Waals surface area (Å²) in [6.45, 7) is 11.3. The van der Waals surface area contributed by atoms with Crippen LogP contribution in [0.2, 0.25) is 0 Å². The molecule has 0 aromatic carbocycles. The maximum atomic E-state index is 12.8. The van der Waals surface area contributed by atoms with Crippen molar-refractivity contribution in [3.8, 4) is 12.0 Å². The Hall–Kier alpha value is -2.02. The van der Waals surface area contributed by atoms with E-state index >= 15 is 0 Å². The standard InChI is InChI=1S/C42H74N4O6S2/c1-5-9-11-13-15-17-19-21-23-25-35-49-37(53-7-3)27-31-45-33-29-43-41(45)51-39(47)40(48)52-42-44-30-34-46(42)32-28-38(54-8-4)50-36-26-24-22-20-18-16-14-12-10-6-2/h29-30,33-34,37-38H,5-28,31-32,35-36H2,1-4H3. The van der Waals surface area contributed by atoms with Crippen molar-refractivity contribution >= 4 is 35.5 Å². The topological polar surface area (TPSA) is 107 Å². The SMILES string of the molecule is CCCCCCCCCCCCOC(CCn1ccnc1OC(=O)C(=O)Oc1nccn1CCC(OCCCCCCCCCCCC)SCC)SCC. The van der Waals surface area contributed by atoms with Crippen LogP contribution in [-0.2, 0) is 32.2 Å². The van der Waals surface area contributed by atoms with E-state index in [4.69, 9.17) is 18.9 Å². The molecular weight excluding hydrogens is 721 g/mol. The predicted molar refractivity (Wildman–Crippen MR) is 224 cm³/mol. The van der Waals surface area contributed by atoms with Crippen molar-refractivity contribution < 1.29 is 28.5 Å². The van der Waals surface area contributed by atoms with Gasteiger partial charge in [0.1, 0.15) is 10.9 Å². The fourth-order valence-electron chi connectivity index (χ4n) is 6.29. The number of hydrogen-bond acceptors (Lipinski definition) is 10. The third-order valence-corrected chi connectivity index (χ3v) is 11.6. The second-order valence-electron chi connectivity index (χ2n) is 14.0. The van der Waals surface area contributed by atoms with Gasteiger partial charge in [0.15, 0.2) is 0 Å². The van der Waals surface area contributed by atoms with Gasteiger partial charge < -0.3 is 28.1 Å². The number of rotatable bonds is 36. The van der Waals surface area contributed by atoms with E-state index in [-0.39, 0.29) is 22.9 Å². The Balaban J connectivity index is 1.69. The van der Waals surface area contributed by atoms with Gasteiger partial charge in [-0.25, -0.2) is 19.6 Å². The van der Waals surface area contributed by atoms with E-state index in [1.54, 1.807) is 57.4 Å². The number of unbranched alkanes of at least 4 members (excludes halogenated alkanes) is 18. The van der Waals surface area contributed by atoms with Gasteiger partial charge in [-0.05, 0) is 24.3 Å². The Bertz CT molecular complexity index is 1100. The van der Waals surface area contributed by atoms with E-state index in [1.165, 1.54) is 116 Å². The fourth-order valence-corrected chi connectivity index (χ4v) is 7.96. The minimum Gasteiger partial charge on any atom is -0.383 e. The highest BCUT2D eigenvalue weighted by Gasteiger charge is 2.24. The minimum absolute atomic E-state index is 0.0313. The largest absolute Gasteiger partial charge is 0.425 e. The monoisotopic (exact) mass is 795 g/mol. The van der Waals surface area contributed by atoms with E-state index in [1.807, 2.05) is 0 Å². The summed E-state index contributed by atoms with van der Waals surface area (Å²) in [7, 11) is 0. The first-order chi connectivity index (χ1) is 26.5. The van der Waals surface area contributed by atoms with Gasteiger partial charge in [0, 0.05) is 63.9 Å². The molecule has 2 atom stereocenters. The van der Waals surface area contributed by atoms with Gasteiger partial charge in [-0.3, -0.25) is 0 Å². The molecule has 2 unspecified atom stereocenters. The number of hydrogen-bond donors (Lipinski definition) is 0. The van der Waals surface area contributed by atoms with Crippen LogP contribution in [0.5, 0.6) is 12.0 Å². The zero-order valence-electron chi connectivity index (χ0n) is 34.3. The number of aryl methyl sites for hydroxylation is 2. The van der Waals surface area contributed by atoms with Crippen molar-refractivity contribution in [2.45, 2.75) is 193 Å². The molecule has 0 bridgehead atoms. The molecule has 0 radical (unpaired) electrons. The molecule has 0 saturated heterocycles. The third kappa shape index (κ3) is 23.1. The lowest BCUT2D eigenvalue weighted by atomic mass is 10.1. The molecule has 310 valence electrons. The molecule has 10 nitrogen and oxygen atoms in total. The van der Waals surface area contributed by atoms with Crippen LogP contribution in [0.25, 0.3) is 0 Å². The van der Waals surface area contributed by atoms with Gasteiger partial charge in [0.05, 0.1) is 0 Å². The quantitative estimate of drug-likeness (QED) is 0.0286. The molecule has 0 saturated carbocycles. The highest BCUT2D eigenvalue weighted by atomic mass is 32.2. The van der Waals surface area contributed by atoms with Gasteiger partial charge in [0.25, 0.3) is 0 Å². The van der Waals surface area contributed by atoms with Crippen LogP contribution in [0.4, 0.5) is 0 Å². The van der Waals surface area contributed by atoms with E-state index in [9.17, 15) is 9.59 Å². The molecular formula is C42H74N4O6S2. The lowest BCUT2D eigenvalue weighted by Crippen LogP contribution is -2.28. The van der Waals surface area contributed by atoms with Crippen LogP contribution in [0.3, 0.4) is 0 Å². The summed E-state index contributed by atoms with van der Waals surface area (Å²) in [4.78, 5) is 33.9. The number of nitrogens with zero attached hydrogens (tertiary/aromatic N) is 4. The first-order valence-corrected chi connectivity index (χ1v) is 23.5. The molecule has 2 aromatic rings. The van der Waals surface area contributed by atoms with Crippen LogP contribution in [0.15, 0.2) is 24.8 Å². The summed E-state index contributed by atoms with van der Waals surface area (Å²) in [5.41, 5.74) is 0.0626. The van der Waals surface area contributed by atoms with Crippen molar-refractivity contribution in [1.82, 2.24) is 19.1 Å². The number of esters is 2. The molecule has 0 aliphatic rings. The zero-order chi connectivity index (χ0) is 38.9. The van der Waals surface area contributed by atoms with Crippen molar-refractivity contribution in [3.63, 3.8) is 0 Å². The van der Waals surface area contributed by atoms with Crippen LogP contribution < -0.4 is 9.47 Å². The number of ether oxygens (including phenoxy) is 4. The summed E-state index contributed by atoms with van der Waals surface area (Å²) in [6.07, 6.45) is 33.9. The van der Waals surface area contributed by atoms with Gasteiger partial charge >= 0.3 is 24.0 Å². The van der Waals surface area contributed by atoms with Crippen LogP contribution >= 0.6 is 23.5 Å². The Labute approximate surface area is 336 Å². The summed E-state index contributed by atoms with van der Waals surface area (Å²) >= 11 is 3.54. The molecule has 0 N–H and O–H groups in total. The summed E-state index contributed by atoms with van der Waals surface area (Å²) in [5, 5.41) is 0. The average Bonchev–Trinajstić information content (AvgIpc) is 3.82. The smallest absolute Gasteiger partial charge is 0.383 e. The first kappa shape index (κ1) is 48.1. The fraction of sp³-hybridized carbons (Fsp3) is 0.810. The molecule has 0 aliphatic heterocycles. The van der Waals surface area contributed by atoms with Gasteiger partial charge in [-0.2, -0.15) is 0 Å². The number of carbonyl (C=O) groups is 2. The normalized spacial score (nSPS) is 12.6. The minimum atomic E-state index is -1.15. The molecule has 54 heavy (non-hydrogen) atoms. The summed E-state index contributed by atoms with van der Waals surface area (Å²) in [5.74, 6) is -0.401. The zero-order valence-corrected chi connectivity index (χ0v) is 36.0. The first-order valence-electron chi connectivity index (χ1n) is 21.4. The van der Waals surface area contributed by atoms with Gasteiger partial charge in [0.2, 0.25) is 0 Å². The lowest BCUT2D eigenvalue weighted by Gasteiger charge is -2.18. The van der Waals surface area contributed by atoms with Gasteiger partial charge in [-0.1, -0.05) is 143 Å². The highest BCUT2D eigenvalue weighted by molar-refractivity contribution is 7.99. The lowest BCUT2D eigenvalue weighted by molar-refractivity contribution is -0.157. The Morgan fingerprint density at radius 3 is 1.20 bits per heavy atom. The van der Waals surface area contributed by atoms with Crippen LogP contribution in [0.1, 0.15) is 169 Å². The van der Waals surface area contributed by atoms with E-state index < -0.39 is 11.9 Å². The Kier molecular flexibility index (Phi) is 29.5. The molecule has 0 aliphatic carbocycles. The van der Waals surface area contributed by atoms with E-state index in [0.29, 0.717) is 13.1 Å². The molecule has 0 spiro atoms. The van der Waals surface area contributed by atoms with Crippen molar-refractivity contribution in [2.24, 2.45) is 0 Å².